The van der Waals surface area contributed by atoms with Crippen LogP contribution in [-0.4, -0.2) is 47.0 Å². The van der Waals surface area contributed by atoms with Crippen LogP contribution in [0.25, 0.3) is 0 Å². The highest BCUT2D eigenvalue weighted by Crippen LogP contribution is 2.16. The van der Waals surface area contributed by atoms with Gasteiger partial charge in [0.05, 0.1) is 6.54 Å². The molecular weight excluding hydrogens is 256 g/mol. The van der Waals surface area contributed by atoms with Crippen molar-refractivity contribution in [1.29, 1.82) is 0 Å². The lowest BCUT2D eigenvalue weighted by Gasteiger charge is -2.34. The van der Waals surface area contributed by atoms with E-state index in [0.717, 1.165) is 32.5 Å². The van der Waals surface area contributed by atoms with E-state index in [4.69, 9.17) is 5.73 Å². The summed E-state index contributed by atoms with van der Waals surface area (Å²) in [7, 11) is 0. The summed E-state index contributed by atoms with van der Waals surface area (Å²) >= 11 is 0. The molecule has 1 aliphatic rings. The number of piperidine rings is 1. The fourth-order valence-corrected chi connectivity index (χ4v) is 2.68. The van der Waals surface area contributed by atoms with Gasteiger partial charge in [-0.3, -0.25) is 9.59 Å². The first-order valence-corrected chi connectivity index (χ1v) is 7.08. The van der Waals surface area contributed by atoms with Crippen molar-refractivity contribution in [2.75, 3.05) is 19.6 Å². The number of carbonyl (C=O) groups excluding carboxylic acids is 2. The summed E-state index contributed by atoms with van der Waals surface area (Å²) in [6.07, 6.45) is 3.58. The monoisotopic (exact) mass is 278 g/mol. The van der Waals surface area contributed by atoms with Crippen LogP contribution in [0.1, 0.15) is 30.3 Å². The molecule has 0 aliphatic carbocycles. The molecule has 6 nitrogen and oxygen atoms in total. The second kappa shape index (κ2) is 6.56. The molecule has 3 N–H and O–H groups in total. The summed E-state index contributed by atoms with van der Waals surface area (Å²) in [4.78, 5) is 25.6. The van der Waals surface area contributed by atoms with Crippen LogP contribution < -0.4 is 11.1 Å². The molecule has 2 heterocycles. The molecule has 2 amide bonds. The van der Waals surface area contributed by atoms with Gasteiger partial charge in [0.1, 0.15) is 5.69 Å². The topological polar surface area (TPSA) is 80.4 Å². The van der Waals surface area contributed by atoms with E-state index < -0.39 is 5.91 Å². The molecule has 0 unspecified atom stereocenters. The molecule has 6 heteroatoms. The first-order chi connectivity index (χ1) is 9.63. The maximum Gasteiger partial charge on any atom is 0.271 e. The summed E-state index contributed by atoms with van der Waals surface area (Å²) in [5.74, 6) is -0.575. The lowest BCUT2D eigenvalue weighted by Crippen LogP contribution is -2.49. The molecular formula is C14H22N4O2. The van der Waals surface area contributed by atoms with Gasteiger partial charge in [-0.1, -0.05) is 0 Å². The zero-order valence-electron chi connectivity index (χ0n) is 11.8. The van der Waals surface area contributed by atoms with Crippen LogP contribution in [0.4, 0.5) is 0 Å². The fourth-order valence-electron chi connectivity index (χ4n) is 2.68. The number of primary amides is 1. The number of rotatable bonds is 5. The third kappa shape index (κ3) is 3.19. The average molecular weight is 278 g/mol. The average Bonchev–Trinajstić information content (AvgIpc) is 2.93. The molecule has 2 rings (SSSR count). The summed E-state index contributed by atoms with van der Waals surface area (Å²) in [6.45, 7) is 4.42. The Labute approximate surface area is 118 Å². The van der Waals surface area contributed by atoms with E-state index in [0.29, 0.717) is 5.69 Å². The number of hydrogen-bond donors (Lipinski definition) is 2. The molecule has 20 heavy (non-hydrogen) atoms. The molecule has 110 valence electrons. The van der Waals surface area contributed by atoms with Gasteiger partial charge in [-0.2, -0.15) is 0 Å². The number of nitrogens with one attached hydrogen (secondary N) is 1. The smallest absolute Gasteiger partial charge is 0.271 e. The Morgan fingerprint density at radius 1 is 1.45 bits per heavy atom. The van der Waals surface area contributed by atoms with E-state index in [1.807, 2.05) is 23.8 Å². The molecule has 0 spiro atoms. The van der Waals surface area contributed by atoms with Crippen LogP contribution in [0.5, 0.6) is 0 Å². The summed E-state index contributed by atoms with van der Waals surface area (Å²) in [5.41, 5.74) is 5.92. The first-order valence-electron chi connectivity index (χ1n) is 7.08. The van der Waals surface area contributed by atoms with E-state index in [2.05, 4.69) is 5.32 Å². The Morgan fingerprint density at radius 3 is 2.75 bits per heavy atom. The second-order valence-corrected chi connectivity index (χ2v) is 5.06. The van der Waals surface area contributed by atoms with Crippen molar-refractivity contribution in [3.8, 4) is 0 Å². The highest BCUT2D eigenvalue weighted by Gasteiger charge is 2.28. The van der Waals surface area contributed by atoms with Crippen molar-refractivity contribution >= 4 is 11.8 Å². The standard InChI is InChI=1S/C14H22N4O2/c1-2-17-9-3-4-12(17)14(20)18(10-13(15)19)11-5-7-16-8-6-11/h3-4,9,11,16H,2,5-8,10H2,1H3,(H2,15,19). The molecule has 1 saturated heterocycles. The number of hydrogen-bond acceptors (Lipinski definition) is 3. The molecule has 1 aliphatic heterocycles. The van der Waals surface area contributed by atoms with E-state index in [-0.39, 0.29) is 18.5 Å². The summed E-state index contributed by atoms with van der Waals surface area (Å²) in [5, 5.41) is 3.26. The number of aromatic nitrogens is 1. The van der Waals surface area contributed by atoms with Crippen molar-refractivity contribution < 1.29 is 9.59 Å². The minimum absolute atomic E-state index is 0.0155. The van der Waals surface area contributed by atoms with Gasteiger partial charge in [-0.15, -0.1) is 0 Å². The lowest BCUT2D eigenvalue weighted by atomic mass is 10.0. The summed E-state index contributed by atoms with van der Waals surface area (Å²) < 4.78 is 1.89. The van der Waals surface area contributed by atoms with E-state index in [1.165, 1.54) is 0 Å². The molecule has 1 aromatic rings. The van der Waals surface area contributed by atoms with E-state index >= 15 is 0 Å². The third-order valence-corrected chi connectivity index (χ3v) is 3.73. The number of amides is 2. The van der Waals surface area contributed by atoms with Crippen LogP contribution in [0, 0.1) is 0 Å². The molecule has 1 aromatic heterocycles. The van der Waals surface area contributed by atoms with Gasteiger partial charge in [0.15, 0.2) is 0 Å². The van der Waals surface area contributed by atoms with Crippen LogP contribution >= 0.6 is 0 Å². The highest BCUT2D eigenvalue weighted by atomic mass is 16.2. The number of nitrogens with two attached hydrogens (primary N) is 1. The van der Waals surface area contributed by atoms with Crippen LogP contribution in [0.2, 0.25) is 0 Å². The Kier molecular flexibility index (Phi) is 4.79. The molecule has 1 fully saturated rings. The number of carbonyl (C=O) groups is 2. The maximum absolute atomic E-state index is 12.7. The van der Waals surface area contributed by atoms with Gasteiger partial charge >= 0.3 is 0 Å². The highest BCUT2D eigenvalue weighted by molar-refractivity contribution is 5.95. The molecule has 0 radical (unpaired) electrons. The quantitative estimate of drug-likeness (QED) is 0.806. The van der Waals surface area contributed by atoms with Crippen molar-refractivity contribution in [3.63, 3.8) is 0 Å². The largest absolute Gasteiger partial charge is 0.368 e. The van der Waals surface area contributed by atoms with Gasteiger partial charge in [-0.25, -0.2) is 0 Å². The predicted molar refractivity (Wildman–Crippen MR) is 76.2 cm³/mol. The SMILES string of the molecule is CCn1cccc1C(=O)N(CC(N)=O)C1CCNCC1. The van der Waals surface area contributed by atoms with E-state index in [1.54, 1.807) is 11.0 Å². The van der Waals surface area contributed by atoms with Gasteiger partial charge in [0.25, 0.3) is 5.91 Å². The molecule has 0 saturated carbocycles. The van der Waals surface area contributed by atoms with Crippen molar-refractivity contribution in [1.82, 2.24) is 14.8 Å². The van der Waals surface area contributed by atoms with Crippen LogP contribution in [-0.2, 0) is 11.3 Å². The van der Waals surface area contributed by atoms with Crippen LogP contribution in [0.15, 0.2) is 18.3 Å². The lowest BCUT2D eigenvalue weighted by molar-refractivity contribution is -0.119. The molecule has 0 bridgehead atoms. The number of aryl methyl sites for hydroxylation is 1. The van der Waals surface area contributed by atoms with Gasteiger partial charge in [0.2, 0.25) is 5.91 Å². The van der Waals surface area contributed by atoms with E-state index in [9.17, 15) is 9.59 Å². The molecule has 0 aromatic carbocycles. The zero-order valence-corrected chi connectivity index (χ0v) is 11.8. The third-order valence-electron chi connectivity index (χ3n) is 3.73. The zero-order chi connectivity index (χ0) is 14.5. The Morgan fingerprint density at radius 2 is 2.15 bits per heavy atom. The normalized spacial score (nSPS) is 16.1. The Hall–Kier alpha value is -1.82. The van der Waals surface area contributed by atoms with Crippen molar-refractivity contribution in [3.05, 3.63) is 24.0 Å². The Balaban J connectivity index is 2.21. The minimum Gasteiger partial charge on any atom is -0.368 e. The van der Waals surface area contributed by atoms with Crippen LogP contribution in [0.3, 0.4) is 0 Å². The van der Waals surface area contributed by atoms with Crippen molar-refractivity contribution in [2.45, 2.75) is 32.4 Å². The van der Waals surface area contributed by atoms with Crippen molar-refractivity contribution in [2.24, 2.45) is 5.73 Å². The van der Waals surface area contributed by atoms with Gasteiger partial charge in [0, 0.05) is 18.8 Å². The number of nitrogens with zero attached hydrogens (tertiary/aromatic N) is 2. The van der Waals surface area contributed by atoms with Gasteiger partial charge in [-0.05, 0) is 45.0 Å². The molecule has 0 atom stereocenters. The first kappa shape index (κ1) is 14.6. The fraction of sp³-hybridized carbons (Fsp3) is 0.571. The maximum atomic E-state index is 12.7. The van der Waals surface area contributed by atoms with Gasteiger partial charge < -0.3 is 20.5 Å². The predicted octanol–water partition coefficient (Wildman–Crippen LogP) is 0.188. The second-order valence-electron chi connectivity index (χ2n) is 5.06. The summed E-state index contributed by atoms with van der Waals surface area (Å²) in [6, 6.07) is 3.72. The Bertz CT molecular complexity index is 477. The minimum atomic E-state index is -0.466.